The highest BCUT2D eigenvalue weighted by Crippen LogP contribution is 2.64. The van der Waals surface area contributed by atoms with E-state index < -0.39 is 39.0 Å². The summed E-state index contributed by atoms with van der Waals surface area (Å²) in [5, 5.41) is 18.6. The van der Waals surface area contributed by atoms with Crippen LogP contribution in [0, 0.1) is 12.3 Å². The first-order valence-corrected chi connectivity index (χ1v) is 9.58. The molecule has 0 aliphatic heterocycles. The van der Waals surface area contributed by atoms with Crippen LogP contribution in [0.1, 0.15) is 17.0 Å². The molecule has 2 aromatic carbocycles. The molecule has 5 nitrogen and oxygen atoms in total. The number of carbonyl (C=O) groups is 1. The van der Waals surface area contributed by atoms with Gasteiger partial charge in [-0.3, -0.25) is 4.79 Å². The van der Waals surface area contributed by atoms with Gasteiger partial charge >= 0.3 is 5.97 Å². The van der Waals surface area contributed by atoms with E-state index in [1.807, 2.05) is 6.92 Å². The van der Waals surface area contributed by atoms with Gasteiger partial charge in [-0.2, -0.15) is 0 Å². The summed E-state index contributed by atoms with van der Waals surface area (Å²) in [6.45, 7) is 1.06. The molecule has 0 spiro atoms. The molecule has 25 heavy (non-hydrogen) atoms. The summed E-state index contributed by atoms with van der Waals surface area (Å²) >= 11 is 5.97. The van der Waals surface area contributed by atoms with Gasteiger partial charge in [0.1, 0.15) is 5.41 Å². The number of sulfone groups is 1. The van der Waals surface area contributed by atoms with E-state index in [1.165, 1.54) is 12.1 Å². The maximum absolute atomic E-state index is 13.0. The van der Waals surface area contributed by atoms with E-state index in [0.29, 0.717) is 10.6 Å². The Morgan fingerprint density at radius 2 is 1.84 bits per heavy atom. The van der Waals surface area contributed by atoms with Crippen LogP contribution in [0.4, 0.5) is 0 Å². The molecule has 2 N–H and O–H groups in total. The molecule has 1 saturated carbocycles. The van der Waals surface area contributed by atoms with Crippen molar-refractivity contribution in [3.63, 3.8) is 0 Å². The minimum absolute atomic E-state index is 0.0479. The number of aliphatic carboxylic acids is 1. The Labute approximate surface area is 150 Å². The number of carboxylic acids is 1. The summed E-state index contributed by atoms with van der Waals surface area (Å²) in [6.07, 6.45) is 0. The van der Waals surface area contributed by atoms with Gasteiger partial charge in [-0.1, -0.05) is 41.4 Å². The van der Waals surface area contributed by atoms with E-state index in [1.54, 1.807) is 36.4 Å². The number of hydrogen-bond donors (Lipinski definition) is 2. The van der Waals surface area contributed by atoms with Crippen molar-refractivity contribution < 1.29 is 23.4 Å². The number of benzene rings is 2. The van der Waals surface area contributed by atoms with Crippen molar-refractivity contribution in [2.24, 2.45) is 5.41 Å². The van der Waals surface area contributed by atoms with Crippen molar-refractivity contribution in [3.05, 3.63) is 64.7 Å². The summed E-state index contributed by atoms with van der Waals surface area (Å²) in [5.74, 6) is -2.19. The average molecular weight is 381 g/mol. The zero-order chi connectivity index (χ0) is 18.4. The maximum Gasteiger partial charge on any atom is 0.314 e. The van der Waals surface area contributed by atoms with E-state index in [-0.39, 0.29) is 4.90 Å². The lowest BCUT2D eigenvalue weighted by molar-refractivity contribution is -0.145. The standard InChI is InChI=1S/C18H17ClO5S/c1-11-5-7-14(8-6-11)25(23,24)16-15(18(16,10-20)17(21)22)12-3-2-4-13(19)9-12/h2-9,15-16,20H,10H2,1H3,(H,21,22)/t15-,16-,18-/m1/s1. The summed E-state index contributed by atoms with van der Waals surface area (Å²) in [4.78, 5) is 11.9. The van der Waals surface area contributed by atoms with Crippen LogP contribution in [0.3, 0.4) is 0 Å². The highest BCUT2D eigenvalue weighted by Gasteiger charge is 2.75. The van der Waals surface area contributed by atoms with Gasteiger partial charge in [-0.05, 0) is 36.8 Å². The zero-order valence-corrected chi connectivity index (χ0v) is 15.0. The van der Waals surface area contributed by atoms with Crippen LogP contribution in [-0.4, -0.2) is 36.5 Å². The van der Waals surface area contributed by atoms with Crippen molar-refractivity contribution in [2.75, 3.05) is 6.61 Å². The van der Waals surface area contributed by atoms with Crippen molar-refractivity contribution in [3.8, 4) is 0 Å². The molecule has 0 radical (unpaired) electrons. The fraction of sp³-hybridized carbons (Fsp3) is 0.278. The lowest BCUT2D eigenvalue weighted by atomic mass is 10.0. The third-order valence-electron chi connectivity index (χ3n) is 4.81. The molecule has 1 aliphatic carbocycles. The highest BCUT2D eigenvalue weighted by molar-refractivity contribution is 7.92. The number of aryl methyl sites for hydroxylation is 1. The average Bonchev–Trinajstić information content (AvgIpc) is 3.27. The number of hydrogen-bond acceptors (Lipinski definition) is 4. The van der Waals surface area contributed by atoms with Gasteiger partial charge in [0, 0.05) is 10.9 Å². The number of carboxylic acid groups (broad SMARTS) is 1. The summed E-state index contributed by atoms with van der Waals surface area (Å²) < 4.78 is 26.1. The second-order valence-corrected chi connectivity index (χ2v) is 8.82. The van der Waals surface area contributed by atoms with Gasteiger partial charge in [-0.25, -0.2) is 8.42 Å². The van der Waals surface area contributed by atoms with E-state index in [4.69, 9.17) is 11.6 Å². The predicted molar refractivity (Wildman–Crippen MR) is 93.5 cm³/mol. The van der Waals surface area contributed by atoms with Gasteiger partial charge in [0.2, 0.25) is 0 Å². The van der Waals surface area contributed by atoms with Gasteiger partial charge in [-0.15, -0.1) is 0 Å². The lowest BCUT2D eigenvalue weighted by Gasteiger charge is -2.09. The fourth-order valence-corrected chi connectivity index (χ4v) is 5.98. The van der Waals surface area contributed by atoms with Crippen LogP contribution in [0.2, 0.25) is 5.02 Å². The molecule has 1 fully saturated rings. The molecule has 1 aliphatic rings. The largest absolute Gasteiger partial charge is 0.481 e. The van der Waals surface area contributed by atoms with Gasteiger partial charge in [0.05, 0.1) is 16.8 Å². The van der Waals surface area contributed by atoms with Gasteiger partial charge < -0.3 is 10.2 Å². The molecule has 7 heteroatoms. The predicted octanol–water partition coefficient (Wildman–Crippen LogP) is 2.65. The van der Waals surface area contributed by atoms with E-state index >= 15 is 0 Å². The lowest BCUT2D eigenvalue weighted by Crippen LogP contribution is -2.27. The molecule has 0 aromatic heterocycles. The Balaban J connectivity index is 2.12. The molecule has 0 bridgehead atoms. The molecule has 0 unspecified atom stereocenters. The van der Waals surface area contributed by atoms with Crippen LogP contribution < -0.4 is 0 Å². The van der Waals surface area contributed by atoms with E-state index in [9.17, 15) is 23.4 Å². The minimum atomic E-state index is -3.94. The Kier molecular flexibility index (Phi) is 4.39. The Morgan fingerprint density at radius 3 is 2.36 bits per heavy atom. The quantitative estimate of drug-likeness (QED) is 0.832. The molecular weight excluding hydrogens is 364 g/mol. The van der Waals surface area contributed by atoms with Crippen molar-refractivity contribution in [2.45, 2.75) is 23.0 Å². The summed E-state index contributed by atoms with van der Waals surface area (Å²) in [7, 11) is -3.94. The number of aliphatic hydroxyl groups is 1. The smallest absolute Gasteiger partial charge is 0.314 e. The molecule has 2 aromatic rings. The second-order valence-electron chi connectivity index (χ2n) is 6.31. The van der Waals surface area contributed by atoms with Crippen LogP contribution in [-0.2, 0) is 14.6 Å². The minimum Gasteiger partial charge on any atom is -0.481 e. The van der Waals surface area contributed by atoms with Crippen molar-refractivity contribution in [1.82, 2.24) is 0 Å². The monoisotopic (exact) mass is 380 g/mol. The third kappa shape index (κ3) is 2.74. The molecule has 0 heterocycles. The number of aliphatic hydroxyl groups excluding tert-OH is 1. The van der Waals surface area contributed by atoms with Crippen LogP contribution >= 0.6 is 11.6 Å². The molecule has 3 atom stereocenters. The third-order valence-corrected chi connectivity index (χ3v) is 7.33. The topological polar surface area (TPSA) is 91.7 Å². The fourth-order valence-electron chi connectivity index (χ4n) is 3.42. The molecular formula is C18H17ClO5S. The number of rotatable bonds is 5. The first-order chi connectivity index (χ1) is 11.7. The van der Waals surface area contributed by atoms with Crippen LogP contribution in [0.25, 0.3) is 0 Å². The second kappa shape index (κ2) is 6.12. The summed E-state index contributed by atoms with van der Waals surface area (Å²) in [6, 6.07) is 12.7. The van der Waals surface area contributed by atoms with Crippen molar-refractivity contribution >= 4 is 27.4 Å². The van der Waals surface area contributed by atoms with E-state index in [0.717, 1.165) is 5.56 Å². The highest BCUT2D eigenvalue weighted by atomic mass is 35.5. The first-order valence-electron chi connectivity index (χ1n) is 7.65. The summed E-state index contributed by atoms with van der Waals surface area (Å²) in [5.41, 5.74) is -0.383. The first kappa shape index (κ1) is 17.9. The molecule has 0 amide bonds. The zero-order valence-electron chi connectivity index (χ0n) is 13.4. The molecule has 3 rings (SSSR count). The molecule has 0 saturated heterocycles. The number of halogens is 1. The van der Waals surface area contributed by atoms with E-state index in [2.05, 4.69) is 0 Å². The van der Waals surface area contributed by atoms with Crippen LogP contribution in [0.5, 0.6) is 0 Å². The maximum atomic E-state index is 13.0. The Morgan fingerprint density at radius 1 is 1.20 bits per heavy atom. The van der Waals surface area contributed by atoms with Crippen LogP contribution in [0.15, 0.2) is 53.4 Å². The van der Waals surface area contributed by atoms with Gasteiger partial charge in [0.25, 0.3) is 0 Å². The van der Waals surface area contributed by atoms with Gasteiger partial charge in [0.15, 0.2) is 9.84 Å². The Bertz CT molecular complexity index is 923. The molecule has 132 valence electrons. The SMILES string of the molecule is Cc1ccc(S(=O)(=O)[C@@H]2[C@@H](c3cccc(Cl)c3)[C@@]2(CO)C(=O)O)cc1. The van der Waals surface area contributed by atoms with Crippen molar-refractivity contribution in [1.29, 1.82) is 0 Å². The normalized spacial score (nSPS) is 25.6. The Hall–Kier alpha value is -1.89.